The van der Waals surface area contributed by atoms with Gasteiger partial charge in [0.2, 0.25) is 0 Å². The van der Waals surface area contributed by atoms with Crippen LogP contribution in [0, 0.1) is 0 Å². The largest absolute Gasteiger partial charge is 0.451 e. The molecule has 0 atom stereocenters. The van der Waals surface area contributed by atoms with Gasteiger partial charge in [-0.25, -0.2) is 9.78 Å². The maximum atomic E-state index is 12.0. The lowest BCUT2D eigenvalue weighted by Crippen LogP contribution is -2.42. The van der Waals surface area contributed by atoms with Gasteiger partial charge < -0.3 is 14.4 Å². The van der Waals surface area contributed by atoms with Crippen molar-refractivity contribution in [1.82, 2.24) is 9.88 Å². The summed E-state index contributed by atoms with van der Waals surface area (Å²) in [7, 11) is 0. The highest BCUT2D eigenvalue weighted by atomic mass is 16.5. The van der Waals surface area contributed by atoms with E-state index >= 15 is 0 Å². The van der Waals surface area contributed by atoms with Crippen molar-refractivity contribution in [1.29, 1.82) is 0 Å². The van der Waals surface area contributed by atoms with Crippen LogP contribution in [-0.4, -0.2) is 54.7 Å². The van der Waals surface area contributed by atoms with Crippen LogP contribution < -0.4 is 0 Å². The summed E-state index contributed by atoms with van der Waals surface area (Å²) < 4.78 is 10.2. The Balaban J connectivity index is 1.61. The van der Waals surface area contributed by atoms with Crippen molar-refractivity contribution in [2.75, 3.05) is 32.9 Å². The number of rotatable bonds is 3. The first kappa shape index (κ1) is 14.5. The van der Waals surface area contributed by atoms with Crippen LogP contribution in [0.3, 0.4) is 0 Å². The van der Waals surface area contributed by atoms with Gasteiger partial charge in [-0.05, 0) is 12.1 Å². The number of ether oxygens (including phenoxy) is 2. The van der Waals surface area contributed by atoms with Crippen molar-refractivity contribution < 1.29 is 19.1 Å². The van der Waals surface area contributed by atoms with Crippen molar-refractivity contribution in [3.63, 3.8) is 0 Å². The van der Waals surface area contributed by atoms with Gasteiger partial charge in [-0.3, -0.25) is 4.79 Å². The highest BCUT2D eigenvalue weighted by Crippen LogP contribution is 2.12. The van der Waals surface area contributed by atoms with Crippen LogP contribution in [0.1, 0.15) is 10.5 Å². The summed E-state index contributed by atoms with van der Waals surface area (Å²) in [5.74, 6) is -0.801. The molecule has 0 bridgehead atoms. The number of hydrogen-bond acceptors (Lipinski definition) is 5. The summed E-state index contributed by atoms with van der Waals surface area (Å²) in [6.07, 6.45) is 0. The Labute approximate surface area is 127 Å². The maximum Gasteiger partial charge on any atom is 0.357 e. The van der Waals surface area contributed by atoms with E-state index in [1.54, 1.807) is 11.0 Å². The Kier molecular flexibility index (Phi) is 4.29. The fraction of sp³-hybridized carbons (Fsp3) is 0.312. The third-order valence-electron chi connectivity index (χ3n) is 3.50. The molecule has 3 rings (SSSR count). The number of pyridine rings is 1. The zero-order chi connectivity index (χ0) is 15.4. The second kappa shape index (κ2) is 6.53. The number of carbonyl (C=O) groups excluding carboxylic acids is 2. The molecule has 1 amide bonds. The lowest BCUT2D eigenvalue weighted by molar-refractivity contribution is -0.138. The standard InChI is InChI=1S/C16H16N2O4/c19-15(18-7-9-21-10-8-18)11-22-16(20)14-6-5-12-3-1-2-4-13(12)17-14/h1-6H,7-11H2. The highest BCUT2D eigenvalue weighted by Gasteiger charge is 2.19. The van der Waals surface area contributed by atoms with Crippen LogP contribution in [0.2, 0.25) is 0 Å². The smallest absolute Gasteiger partial charge is 0.357 e. The molecule has 6 heteroatoms. The van der Waals surface area contributed by atoms with Crippen LogP contribution in [-0.2, 0) is 14.3 Å². The first-order valence-electron chi connectivity index (χ1n) is 7.12. The molecule has 1 aromatic carbocycles. The normalized spacial score (nSPS) is 14.8. The number of hydrogen-bond donors (Lipinski definition) is 0. The van der Waals surface area contributed by atoms with E-state index in [0.29, 0.717) is 26.3 Å². The monoisotopic (exact) mass is 300 g/mol. The molecule has 0 N–H and O–H groups in total. The molecule has 1 saturated heterocycles. The van der Waals surface area contributed by atoms with Gasteiger partial charge in [-0.2, -0.15) is 0 Å². The molecule has 0 unspecified atom stereocenters. The minimum atomic E-state index is -0.590. The van der Waals surface area contributed by atoms with E-state index in [1.807, 2.05) is 30.3 Å². The quantitative estimate of drug-likeness (QED) is 0.798. The Morgan fingerprint density at radius 1 is 1.14 bits per heavy atom. The number of esters is 1. The first-order valence-corrected chi connectivity index (χ1v) is 7.12. The average Bonchev–Trinajstić information content (AvgIpc) is 2.59. The number of aromatic nitrogens is 1. The number of nitrogens with zero attached hydrogens (tertiary/aromatic N) is 2. The SMILES string of the molecule is O=C(OCC(=O)N1CCOCC1)c1ccc2ccccc2n1. The molecule has 1 aliphatic rings. The Bertz CT molecular complexity index is 695. The fourth-order valence-electron chi connectivity index (χ4n) is 2.28. The highest BCUT2D eigenvalue weighted by molar-refractivity contribution is 5.92. The second-order valence-corrected chi connectivity index (χ2v) is 4.96. The molecule has 0 radical (unpaired) electrons. The Morgan fingerprint density at radius 3 is 2.73 bits per heavy atom. The predicted octanol–water partition coefficient (Wildman–Crippen LogP) is 1.25. The third kappa shape index (κ3) is 3.23. The summed E-state index contributed by atoms with van der Waals surface area (Å²) in [5, 5.41) is 0.948. The molecule has 0 spiro atoms. The second-order valence-electron chi connectivity index (χ2n) is 4.96. The summed E-state index contributed by atoms with van der Waals surface area (Å²) in [5.41, 5.74) is 0.921. The molecule has 22 heavy (non-hydrogen) atoms. The van der Waals surface area contributed by atoms with E-state index in [4.69, 9.17) is 9.47 Å². The van der Waals surface area contributed by atoms with Crippen molar-refractivity contribution in [3.05, 3.63) is 42.1 Å². The van der Waals surface area contributed by atoms with Crippen LogP contribution in [0.15, 0.2) is 36.4 Å². The van der Waals surface area contributed by atoms with Crippen LogP contribution >= 0.6 is 0 Å². The van der Waals surface area contributed by atoms with Gasteiger partial charge in [0.05, 0.1) is 18.7 Å². The fourth-order valence-corrected chi connectivity index (χ4v) is 2.28. The van der Waals surface area contributed by atoms with Crippen molar-refractivity contribution in [3.8, 4) is 0 Å². The van der Waals surface area contributed by atoms with Gasteiger partial charge >= 0.3 is 5.97 Å². The predicted molar refractivity (Wildman–Crippen MR) is 79.4 cm³/mol. The summed E-state index contributed by atoms with van der Waals surface area (Å²) >= 11 is 0. The van der Waals surface area contributed by atoms with E-state index in [0.717, 1.165) is 10.9 Å². The van der Waals surface area contributed by atoms with Crippen molar-refractivity contribution in [2.45, 2.75) is 0 Å². The number of fused-ring (bicyclic) bond motifs is 1. The molecule has 2 aromatic rings. The van der Waals surface area contributed by atoms with E-state index in [2.05, 4.69) is 4.98 Å². The third-order valence-corrected chi connectivity index (χ3v) is 3.50. The number of carbonyl (C=O) groups is 2. The van der Waals surface area contributed by atoms with Gasteiger partial charge in [0.25, 0.3) is 5.91 Å². The average molecular weight is 300 g/mol. The zero-order valence-corrected chi connectivity index (χ0v) is 12.0. The Hall–Kier alpha value is -2.47. The van der Waals surface area contributed by atoms with Gasteiger partial charge in [-0.15, -0.1) is 0 Å². The van der Waals surface area contributed by atoms with Gasteiger partial charge in [0.15, 0.2) is 6.61 Å². The zero-order valence-electron chi connectivity index (χ0n) is 12.0. The molecule has 6 nitrogen and oxygen atoms in total. The van der Waals surface area contributed by atoms with E-state index in [9.17, 15) is 9.59 Å². The van der Waals surface area contributed by atoms with Gasteiger partial charge in [0.1, 0.15) is 5.69 Å². The molecule has 114 valence electrons. The van der Waals surface area contributed by atoms with Crippen LogP contribution in [0.25, 0.3) is 10.9 Å². The van der Waals surface area contributed by atoms with E-state index < -0.39 is 5.97 Å². The van der Waals surface area contributed by atoms with Crippen molar-refractivity contribution >= 4 is 22.8 Å². The van der Waals surface area contributed by atoms with Crippen LogP contribution in [0.5, 0.6) is 0 Å². The molecular formula is C16H16N2O4. The minimum absolute atomic E-state index is 0.202. The van der Waals surface area contributed by atoms with E-state index in [-0.39, 0.29) is 18.2 Å². The topological polar surface area (TPSA) is 68.7 Å². The number of amides is 1. The number of para-hydroxylation sites is 1. The van der Waals surface area contributed by atoms with E-state index in [1.165, 1.54) is 0 Å². The lowest BCUT2D eigenvalue weighted by atomic mass is 10.2. The first-order chi connectivity index (χ1) is 10.7. The number of benzene rings is 1. The summed E-state index contributed by atoms with van der Waals surface area (Å²) in [6, 6.07) is 10.9. The Morgan fingerprint density at radius 2 is 1.91 bits per heavy atom. The minimum Gasteiger partial charge on any atom is -0.451 e. The summed E-state index contributed by atoms with van der Waals surface area (Å²) in [6.45, 7) is 1.83. The summed E-state index contributed by atoms with van der Waals surface area (Å²) in [4.78, 5) is 29.8. The number of morpholine rings is 1. The van der Waals surface area contributed by atoms with Crippen LogP contribution in [0.4, 0.5) is 0 Å². The maximum absolute atomic E-state index is 12.0. The van der Waals surface area contributed by atoms with Crippen molar-refractivity contribution in [2.24, 2.45) is 0 Å². The molecule has 2 heterocycles. The van der Waals surface area contributed by atoms with Gasteiger partial charge in [-0.1, -0.05) is 24.3 Å². The molecule has 0 saturated carbocycles. The lowest BCUT2D eigenvalue weighted by Gasteiger charge is -2.26. The van der Waals surface area contributed by atoms with Gasteiger partial charge in [0, 0.05) is 18.5 Å². The molecule has 1 aliphatic heterocycles. The molecule has 0 aliphatic carbocycles. The molecule has 1 aromatic heterocycles. The molecular weight excluding hydrogens is 284 g/mol. The molecule has 1 fully saturated rings.